The van der Waals surface area contributed by atoms with Crippen LogP contribution in [0.4, 0.5) is 4.79 Å². The van der Waals surface area contributed by atoms with E-state index in [2.05, 4.69) is 34.9 Å². The molecular formula is C21H26N2O2. The predicted molar refractivity (Wildman–Crippen MR) is 100 cm³/mol. The maximum Gasteiger partial charge on any atom is 0.315 e. The number of urea groups is 1. The maximum absolute atomic E-state index is 12.2. The minimum Gasteiger partial charge on any atom is -0.497 e. The van der Waals surface area contributed by atoms with Gasteiger partial charge in [-0.3, -0.25) is 0 Å². The second-order valence-corrected chi connectivity index (χ2v) is 6.93. The lowest BCUT2D eigenvalue weighted by atomic mass is 9.96. The summed E-state index contributed by atoms with van der Waals surface area (Å²) in [6.45, 7) is 2.71. The predicted octanol–water partition coefficient (Wildman–Crippen LogP) is 3.66. The largest absolute Gasteiger partial charge is 0.497 e. The molecule has 0 bridgehead atoms. The van der Waals surface area contributed by atoms with Crippen LogP contribution in [-0.2, 0) is 11.8 Å². The number of ether oxygens (including phenoxy) is 1. The summed E-state index contributed by atoms with van der Waals surface area (Å²) in [7, 11) is 1.66. The third-order valence-electron chi connectivity index (χ3n) is 4.88. The van der Waals surface area contributed by atoms with Crippen molar-refractivity contribution in [2.75, 3.05) is 13.7 Å². The van der Waals surface area contributed by atoms with Gasteiger partial charge in [0.1, 0.15) is 5.75 Å². The van der Waals surface area contributed by atoms with Gasteiger partial charge in [0.15, 0.2) is 0 Å². The molecule has 3 rings (SSSR count). The Morgan fingerprint density at radius 3 is 2.60 bits per heavy atom. The van der Waals surface area contributed by atoms with Gasteiger partial charge in [-0.05, 0) is 49.4 Å². The third-order valence-corrected chi connectivity index (χ3v) is 4.88. The van der Waals surface area contributed by atoms with E-state index >= 15 is 0 Å². The topological polar surface area (TPSA) is 50.4 Å². The highest BCUT2D eigenvalue weighted by atomic mass is 16.5. The van der Waals surface area contributed by atoms with Crippen LogP contribution in [0.1, 0.15) is 30.9 Å². The van der Waals surface area contributed by atoms with Crippen molar-refractivity contribution >= 4 is 6.03 Å². The lowest BCUT2D eigenvalue weighted by Crippen LogP contribution is -2.44. The first kappa shape index (κ1) is 17.3. The molecule has 2 N–H and O–H groups in total. The van der Waals surface area contributed by atoms with Crippen LogP contribution in [0, 0.1) is 0 Å². The number of hydrogen-bond acceptors (Lipinski definition) is 2. The van der Waals surface area contributed by atoms with E-state index in [1.54, 1.807) is 7.11 Å². The SMILES string of the molecule is COc1cccc(CC(C)NC(=O)NCC2(c3ccccc3)CC2)c1. The number of hydrogen-bond donors (Lipinski definition) is 2. The molecule has 4 nitrogen and oxygen atoms in total. The third kappa shape index (κ3) is 4.53. The Labute approximate surface area is 149 Å². The lowest BCUT2D eigenvalue weighted by molar-refractivity contribution is 0.236. The number of methoxy groups -OCH3 is 1. The Morgan fingerprint density at radius 2 is 1.92 bits per heavy atom. The Bertz CT molecular complexity index is 711. The molecule has 4 heteroatoms. The van der Waals surface area contributed by atoms with E-state index in [1.165, 1.54) is 5.56 Å². The smallest absolute Gasteiger partial charge is 0.315 e. The molecule has 25 heavy (non-hydrogen) atoms. The van der Waals surface area contributed by atoms with Crippen molar-refractivity contribution in [2.45, 2.75) is 37.6 Å². The summed E-state index contributed by atoms with van der Waals surface area (Å²) in [5.74, 6) is 0.840. The molecule has 0 spiro atoms. The zero-order chi connectivity index (χ0) is 17.7. The second-order valence-electron chi connectivity index (χ2n) is 6.93. The van der Waals surface area contributed by atoms with Crippen LogP contribution in [0.5, 0.6) is 5.75 Å². The fraction of sp³-hybridized carbons (Fsp3) is 0.381. The average molecular weight is 338 g/mol. The zero-order valence-corrected chi connectivity index (χ0v) is 14.9. The Hall–Kier alpha value is -2.49. The molecular weight excluding hydrogens is 312 g/mol. The van der Waals surface area contributed by atoms with Crippen molar-refractivity contribution in [3.63, 3.8) is 0 Å². The van der Waals surface area contributed by atoms with Gasteiger partial charge in [-0.25, -0.2) is 4.79 Å². The number of benzene rings is 2. The van der Waals surface area contributed by atoms with Crippen LogP contribution in [0.15, 0.2) is 54.6 Å². The molecule has 132 valence electrons. The van der Waals surface area contributed by atoms with Crippen LogP contribution in [0.25, 0.3) is 0 Å². The lowest BCUT2D eigenvalue weighted by Gasteiger charge is -2.19. The number of rotatable bonds is 7. The van der Waals surface area contributed by atoms with E-state index in [4.69, 9.17) is 4.74 Å². The highest BCUT2D eigenvalue weighted by Crippen LogP contribution is 2.47. The molecule has 0 radical (unpaired) electrons. The van der Waals surface area contributed by atoms with E-state index in [0.717, 1.165) is 30.6 Å². The summed E-state index contributed by atoms with van der Waals surface area (Å²) in [5.41, 5.74) is 2.60. The van der Waals surface area contributed by atoms with Gasteiger partial charge in [-0.1, -0.05) is 42.5 Å². The molecule has 0 aliphatic heterocycles. The van der Waals surface area contributed by atoms with Crippen molar-refractivity contribution in [3.05, 3.63) is 65.7 Å². The van der Waals surface area contributed by atoms with Gasteiger partial charge in [0.2, 0.25) is 0 Å². The van der Waals surface area contributed by atoms with Gasteiger partial charge >= 0.3 is 6.03 Å². The fourth-order valence-electron chi connectivity index (χ4n) is 3.24. The summed E-state index contributed by atoms with van der Waals surface area (Å²) in [6, 6.07) is 18.4. The van der Waals surface area contributed by atoms with Gasteiger partial charge in [0.05, 0.1) is 7.11 Å². The van der Waals surface area contributed by atoms with Crippen molar-refractivity contribution in [1.82, 2.24) is 10.6 Å². The summed E-state index contributed by atoms with van der Waals surface area (Å²) < 4.78 is 5.24. The van der Waals surface area contributed by atoms with E-state index < -0.39 is 0 Å². The molecule has 1 unspecified atom stereocenters. The molecule has 1 aliphatic carbocycles. The van der Waals surface area contributed by atoms with E-state index in [9.17, 15) is 4.79 Å². The Morgan fingerprint density at radius 1 is 1.16 bits per heavy atom. The summed E-state index contributed by atoms with van der Waals surface area (Å²) in [5, 5.41) is 6.08. The standard InChI is InChI=1S/C21H26N2O2/c1-16(13-17-7-6-10-19(14-17)25-2)23-20(24)22-15-21(11-12-21)18-8-4-3-5-9-18/h3-10,14,16H,11-13,15H2,1-2H3,(H2,22,23,24). The number of carbonyl (C=O) groups excluding carboxylic acids is 1. The normalized spacial score (nSPS) is 15.9. The number of nitrogens with one attached hydrogen (secondary N) is 2. The molecule has 0 saturated heterocycles. The molecule has 1 fully saturated rings. The minimum absolute atomic E-state index is 0.0546. The van der Waals surface area contributed by atoms with Crippen LogP contribution < -0.4 is 15.4 Å². The van der Waals surface area contributed by atoms with E-state index in [1.807, 2.05) is 37.3 Å². The van der Waals surface area contributed by atoms with Crippen LogP contribution >= 0.6 is 0 Å². The van der Waals surface area contributed by atoms with E-state index in [0.29, 0.717) is 6.54 Å². The molecule has 0 aromatic heterocycles. The van der Waals surface area contributed by atoms with Gasteiger partial charge in [-0.15, -0.1) is 0 Å². The molecule has 1 atom stereocenters. The monoisotopic (exact) mass is 338 g/mol. The number of amides is 2. The van der Waals surface area contributed by atoms with Crippen LogP contribution in [0.3, 0.4) is 0 Å². The quantitative estimate of drug-likeness (QED) is 0.809. The molecule has 2 amide bonds. The first-order chi connectivity index (χ1) is 12.1. The second kappa shape index (κ2) is 7.60. The summed E-state index contributed by atoms with van der Waals surface area (Å²) >= 11 is 0. The summed E-state index contributed by atoms with van der Waals surface area (Å²) in [6.07, 6.45) is 3.04. The van der Waals surface area contributed by atoms with Crippen LogP contribution in [-0.4, -0.2) is 25.7 Å². The van der Waals surface area contributed by atoms with E-state index in [-0.39, 0.29) is 17.5 Å². The molecule has 1 aliphatic rings. The van der Waals surface area contributed by atoms with Crippen molar-refractivity contribution < 1.29 is 9.53 Å². The maximum atomic E-state index is 12.2. The van der Waals surface area contributed by atoms with Crippen molar-refractivity contribution in [2.24, 2.45) is 0 Å². The highest BCUT2D eigenvalue weighted by molar-refractivity contribution is 5.74. The summed E-state index contributed by atoms with van der Waals surface area (Å²) in [4.78, 5) is 12.2. The fourth-order valence-corrected chi connectivity index (χ4v) is 3.24. The van der Waals surface area contributed by atoms with Crippen molar-refractivity contribution in [3.8, 4) is 5.75 Å². The molecule has 2 aromatic carbocycles. The molecule has 2 aromatic rings. The van der Waals surface area contributed by atoms with Gasteiger partial charge in [0.25, 0.3) is 0 Å². The minimum atomic E-state index is -0.0994. The Balaban J connectivity index is 1.47. The Kier molecular flexibility index (Phi) is 5.27. The number of carbonyl (C=O) groups is 1. The first-order valence-electron chi connectivity index (χ1n) is 8.84. The van der Waals surface area contributed by atoms with Crippen molar-refractivity contribution in [1.29, 1.82) is 0 Å². The van der Waals surface area contributed by atoms with Gasteiger partial charge in [0, 0.05) is 18.0 Å². The van der Waals surface area contributed by atoms with Crippen LogP contribution in [0.2, 0.25) is 0 Å². The highest BCUT2D eigenvalue weighted by Gasteiger charge is 2.44. The average Bonchev–Trinajstić information content (AvgIpc) is 3.42. The van der Waals surface area contributed by atoms with Gasteiger partial charge < -0.3 is 15.4 Å². The zero-order valence-electron chi connectivity index (χ0n) is 14.9. The van der Waals surface area contributed by atoms with Gasteiger partial charge in [-0.2, -0.15) is 0 Å². The molecule has 1 saturated carbocycles. The molecule has 0 heterocycles. The first-order valence-corrected chi connectivity index (χ1v) is 8.84.